The van der Waals surface area contributed by atoms with E-state index >= 15 is 0 Å². The minimum absolute atomic E-state index is 0.00998. The van der Waals surface area contributed by atoms with Gasteiger partial charge < -0.3 is 0 Å². The second kappa shape index (κ2) is 3.70. The van der Waals surface area contributed by atoms with E-state index in [4.69, 9.17) is 0 Å². The molecular formula is C3H5F2N5O2S. The first-order valence-corrected chi connectivity index (χ1v) is 4.56. The lowest BCUT2D eigenvalue weighted by Crippen LogP contribution is -2.29. The first-order chi connectivity index (χ1) is 6.02. The molecule has 0 radical (unpaired) electrons. The predicted octanol–water partition coefficient (Wildman–Crippen LogP) is -1.16. The summed E-state index contributed by atoms with van der Waals surface area (Å²) in [6.45, 7) is -0.414. The highest BCUT2D eigenvalue weighted by molar-refractivity contribution is 7.89. The fourth-order valence-electron chi connectivity index (χ4n) is 0.486. The van der Waals surface area contributed by atoms with Crippen LogP contribution in [-0.2, 0) is 16.6 Å². The van der Waals surface area contributed by atoms with Crippen molar-refractivity contribution in [1.82, 2.24) is 25.3 Å². The van der Waals surface area contributed by atoms with Gasteiger partial charge in [0.05, 0.1) is 6.54 Å². The molecule has 0 atom stereocenters. The number of rotatable bonds is 4. The molecule has 7 nitrogen and oxygen atoms in total. The van der Waals surface area contributed by atoms with Gasteiger partial charge in [0, 0.05) is 0 Å². The van der Waals surface area contributed by atoms with Gasteiger partial charge >= 0.3 is 5.76 Å². The molecule has 0 aromatic carbocycles. The lowest BCUT2D eigenvalue weighted by Gasteiger charge is -2.01. The number of tetrazole rings is 1. The van der Waals surface area contributed by atoms with Crippen molar-refractivity contribution in [3.63, 3.8) is 0 Å². The van der Waals surface area contributed by atoms with E-state index in [0.717, 1.165) is 0 Å². The van der Waals surface area contributed by atoms with Gasteiger partial charge in [-0.05, 0) is 0 Å². The van der Waals surface area contributed by atoms with Crippen LogP contribution in [0.4, 0.5) is 8.78 Å². The zero-order chi connectivity index (χ0) is 9.90. The molecule has 1 rings (SSSR count). The van der Waals surface area contributed by atoms with E-state index < -0.39 is 22.3 Å². The van der Waals surface area contributed by atoms with E-state index in [1.165, 1.54) is 0 Å². The SMILES string of the molecule is O=S(=O)(NCc1nn[nH]n1)C(F)F. The Hall–Kier alpha value is -1.16. The highest BCUT2D eigenvalue weighted by Gasteiger charge is 2.23. The zero-order valence-electron chi connectivity index (χ0n) is 6.11. The first kappa shape index (κ1) is 9.92. The summed E-state index contributed by atoms with van der Waals surface area (Å²) < 4.78 is 46.0. The molecular weight excluding hydrogens is 208 g/mol. The molecule has 1 heterocycles. The zero-order valence-corrected chi connectivity index (χ0v) is 6.92. The van der Waals surface area contributed by atoms with Gasteiger partial charge in [0.1, 0.15) is 0 Å². The third-order valence-corrected chi connectivity index (χ3v) is 2.07. The third kappa shape index (κ3) is 2.66. The molecule has 0 aliphatic rings. The molecule has 0 fully saturated rings. The van der Waals surface area contributed by atoms with Crippen LogP contribution in [0.2, 0.25) is 0 Å². The summed E-state index contributed by atoms with van der Waals surface area (Å²) in [6, 6.07) is 0. The van der Waals surface area contributed by atoms with Crippen LogP contribution in [0.25, 0.3) is 0 Å². The van der Waals surface area contributed by atoms with Gasteiger partial charge in [-0.25, -0.2) is 13.1 Å². The van der Waals surface area contributed by atoms with Gasteiger partial charge in [-0.3, -0.25) is 0 Å². The molecule has 0 bridgehead atoms. The Bertz CT molecular complexity index is 348. The molecule has 0 saturated heterocycles. The molecule has 0 amide bonds. The van der Waals surface area contributed by atoms with Crippen LogP contribution in [0.3, 0.4) is 0 Å². The van der Waals surface area contributed by atoms with Gasteiger partial charge in [-0.1, -0.05) is 5.21 Å². The molecule has 0 unspecified atom stereocenters. The Labute approximate surface area is 71.6 Å². The fourth-order valence-corrected chi connectivity index (χ4v) is 0.942. The average Bonchev–Trinajstić information content (AvgIpc) is 2.52. The maximum absolute atomic E-state index is 11.7. The Morgan fingerprint density at radius 3 is 2.69 bits per heavy atom. The van der Waals surface area contributed by atoms with Crippen LogP contribution in [0.15, 0.2) is 0 Å². The van der Waals surface area contributed by atoms with Crippen LogP contribution in [-0.4, -0.2) is 34.8 Å². The molecule has 0 saturated carbocycles. The summed E-state index contributed by atoms with van der Waals surface area (Å²) in [5.74, 6) is -3.47. The highest BCUT2D eigenvalue weighted by Crippen LogP contribution is 2.01. The lowest BCUT2D eigenvalue weighted by molar-refractivity contribution is 0.232. The van der Waals surface area contributed by atoms with Crippen molar-refractivity contribution in [2.75, 3.05) is 0 Å². The van der Waals surface area contributed by atoms with E-state index in [1.54, 1.807) is 4.72 Å². The van der Waals surface area contributed by atoms with Crippen molar-refractivity contribution < 1.29 is 17.2 Å². The molecule has 0 aliphatic heterocycles. The van der Waals surface area contributed by atoms with Crippen LogP contribution in [0, 0.1) is 0 Å². The standard InChI is InChI=1S/C3H5F2N5O2S/c4-3(5)13(11,12)6-1-2-7-9-10-8-2/h3,6H,1H2,(H,7,8,9,10). The van der Waals surface area contributed by atoms with E-state index in [2.05, 4.69) is 20.6 Å². The van der Waals surface area contributed by atoms with Gasteiger partial charge in [-0.15, -0.1) is 10.2 Å². The van der Waals surface area contributed by atoms with Crippen molar-refractivity contribution in [2.45, 2.75) is 12.3 Å². The minimum atomic E-state index is -4.58. The second-order valence-corrected chi connectivity index (χ2v) is 3.69. The number of aromatic nitrogens is 4. The first-order valence-electron chi connectivity index (χ1n) is 3.01. The Kier molecular flexibility index (Phi) is 2.83. The number of halogens is 2. The number of hydrogen-bond acceptors (Lipinski definition) is 5. The van der Waals surface area contributed by atoms with E-state index in [-0.39, 0.29) is 5.82 Å². The largest absolute Gasteiger partial charge is 0.350 e. The van der Waals surface area contributed by atoms with Crippen molar-refractivity contribution in [2.24, 2.45) is 0 Å². The number of aromatic amines is 1. The van der Waals surface area contributed by atoms with Gasteiger partial charge in [0.15, 0.2) is 5.82 Å². The number of nitrogens with one attached hydrogen (secondary N) is 2. The van der Waals surface area contributed by atoms with Crippen molar-refractivity contribution in [1.29, 1.82) is 0 Å². The van der Waals surface area contributed by atoms with E-state index in [0.29, 0.717) is 0 Å². The number of nitrogens with zero attached hydrogens (tertiary/aromatic N) is 3. The van der Waals surface area contributed by atoms with Gasteiger partial charge in [0.25, 0.3) is 10.0 Å². The Morgan fingerprint density at radius 2 is 2.23 bits per heavy atom. The summed E-state index contributed by atoms with van der Waals surface area (Å²) in [6.07, 6.45) is 0. The maximum Gasteiger partial charge on any atom is 0.350 e. The fraction of sp³-hybridized carbons (Fsp3) is 0.667. The normalized spacial score (nSPS) is 12.2. The molecule has 10 heteroatoms. The van der Waals surface area contributed by atoms with Crippen LogP contribution < -0.4 is 4.72 Å². The summed E-state index contributed by atoms with van der Waals surface area (Å²) in [5.41, 5.74) is 0. The van der Waals surface area contributed by atoms with Gasteiger partial charge in [0.2, 0.25) is 0 Å². The minimum Gasteiger partial charge on any atom is -0.206 e. The molecule has 0 aliphatic carbocycles. The summed E-state index contributed by atoms with van der Waals surface area (Å²) in [7, 11) is -4.58. The predicted molar refractivity (Wildman–Crippen MR) is 35.9 cm³/mol. The third-order valence-electron chi connectivity index (χ3n) is 1.06. The smallest absolute Gasteiger partial charge is 0.206 e. The van der Waals surface area contributed by atoms with Crippen LogP contribution in [0.5, 0.6) is 0 Å². The topological polar surface area (TPSA) is 101 Å². The van der Waals surface area contributed by atoms with Crippen molar-refractivity contribution >= 4 is 10.0 Å². The number of hydrogen-bond donors (Lipinski definition) is 2. The van der Waals surface area contributed by atoms with E-state index in [9.17, 15) is 17.2 Å². The highest BCUT2D eigenvalue weighted by atomic mass is 32.2. The molecule has 1 aromatic heterocycles. The quantitative estimate of drug-likeness (QED) is 0.657. The lowest BCUT2D eigenvalue weighted by atomic mass is 10.7. The number of sulfonamides is 1. The summed E-state index contributed by atoms with van der Waals surface area (Å²) in [4.78, 5) is 0. The second-order valence-electron chi connectivity index (χ2n) is 1.95. The van der Waals surface area contributed by atoms with Crippen molar-refractivity contribution in [3.05, 3.63) is 5.82 Å². The van der Waals surface area contributed by atoms with Crippen molar-refractivity contribution in [3.8, 4) is 0 Å². The molecule has 74 valence electrons. The Balaban J connectivity index is 2.53. The van der Waals surface area contributed by atoms with E-state index in [1.807, 2.05) is 0 Å². The Morgan fingerprint density at radius 1 is 1.54 bits per heavy atom. The van der Waals surface area contributed by atoms with Crippen LogP contribution in [0.1, 0.15) is 5.82 Å². The molecule has 2 N–H and O–H groups in total. The average molecular weight is 213 g/mol. The summed E-state index contributed by atoms with van der Waals surface area (Å²) in [5, 5.41) is 11.9. The van der Waals surface area contributed by atoms with Crippen LogP contribution >= 0.6 is 0 Å². The summed E-state index contributed by atoms with van der Waals surface area (Å²) >= 11 is 0. The molecule has 1 aromatic rings. The maximum atomic E-state index is 11.7. The monoisotopic (exact) mass is 213 g/mol. The molecule has 0 spiro atoms. The number of alkyl halides is 2. The number of H-pyrrole nitrogens is 1. The molecule has 13 heavy (non-hydrogen) atoms. The van der Waals surface area contributed by atoms with Gasteiger partial charge in [-0.2, -0.15) is 14.0 Å².